The molecule has 0 radical (unpaired) electrons. The maximum absolute atomic E-state index is 12.7. The van der Waals surface area contributed by atoms with E-state index < -0.39 is 47.9 Å². The smallest absolute Gasteiger partial charge is 0.416 e. The van der Waals surface area contributed by atoms with Crippen LogP contribution >= 0.6 is 0 Å². The van der Waals surface area contributed by atoms with Gasteiger partial charge in [0.1, 0.15) is 11.5 Å². The van der Waals surface area contributed by atoms with Crippen LogP contribution in [0.1, 0.15) is 46.3 Å². The lowest BCUT2D eigenvalue weighted by atomic mass is 10.1. The van der Waals surface area contributed by atoms with Gasteiger partial charge < -0.3 is 14.5 Å². The summed E-state index contributed by atoms with van der Waals surface area (Å²) in [4.78, 5) is 43.9. The second-order valence-electron chi connectivity index (χ2n) is 9.11. The van der Waals surface area contributed by atoms with Crippen LogP contribution in [0, 0.1) is 0 Å². The number of imide groups is 1. The van der Waals surface area contributed by atoms with E-state index in [4.69, 9.17) is 9.47 Å². The Morgan fingerprint density at radius 1 is 1.10 bits per heavy atom. The number of carbonyl (C=O) groups is 3. The number of nitrogens with one attached hydrogen (secondary N) is 3. The summed E-state index contributed by atoms with van der Waals surface area (Å²) in [5.74, 6) is -1.34. The zero-order valence-electron chi connectivity index (χ0n) is 21.0. The standard InChI is InChI=1S/C27H27F3N4O5/c1-16(32-20-13-23(35)39-26(20)38-15-18-5-3-2-4-6-18)24(36)34-25(37)21-14-31-22(33-21)12-9-17-7-10-19(11-8-17)27(28,29)30/h2-8,10-11,14,16,20,26,32H,9,12-13,15H2,1H3,(H,31,33)(H,34,36,37)/t16-,20?,26?/m0/s1. The number of rotatable bonds is 10. The van der Waals surface area contributed by atoms with Crippen molar-refractivity contribution in [1.29, 1.82) is 0 Å². The number of benzene rings is 2. The van der Waals surface area contributed by atoms with Gasteiger partial charge in [-0.05, 0) is 36.6 Å². The Morgan fingerprint density at radius 2 is 1.82 bits per heavy atom. The fourth-order valence-electron chi connectivity index (χ4n) is 3.99. The molecule has 2 heterocycles. The van der Waals surface area contributed by atoms with Crippen LogP contribution in [0.4, 0.5) is 13.2 Å². The summed E-state index contributed by atoms with van der Waals surface area (Å²) in [6, 6.07) is 12.7. The number of hydrogen-bond donors (Lipinski definition) is 3. The number of imidazole rings is 1. The molecule has 1 aliphatic heterocycles. The highest BCUT2D eigenvalue weighted by atomic mass is 19.4. The highest BCUT2D eigenvalue weighted by Crippen LogP contribution is 2.29. The minimum absolute atomic E-state index is 0.00780. The number of esters is 1. The molecule has 0 aliphatic carbocycles. The van der Waals surface area contributed by atoms with Gasteiger partial charge in [-0.15, -0.1) is 0 Å². The maximum atomic E-state index is 12.7. The lowest BCUT2D eigenvalue weighted by Gasteiger charge is -2.22. The van der Waals surface area contributed by atoms with Crippen molar-refractivity contribution in [3.05, 3.63) is 89.0 Å². The van der Waals surface area contributed by atoms with Crippen LogP contribution in [0.3, 0.4) is 0 Å². The predicted molar refractivity (Wildman–Crippen MR) is 132 cm³/mol. The monoisotopic (exact) mass is 544 g/mol. The molecule has 2 aromatic carbocycles. The van der Waals surface area contributed by atoms with Crippen LogP contribution in [0.15, 0.2) is 60.8 Å². The number of nitrogens with zero attached hydrogens (tertiary/aromatic N) is 1. The fourth-order valence-corrected chi connectivity index (χ4v) is 3.99. The Morgan fingerprint density at radius 3 is 2.51 bits per heavy atom. The highest BCUT2D eigenvalue weighted by Gasteiger charge is 2.37. The zero-order valence-corrected chi connectivity index (χ0v) is 21.0. The lowest BCUT2D eigenvalue weighted by molar-refractivity contribution is -0.167. The first-order chi connectivity index (χ1) is 18.6. The summed E-state index contributed by atoms with van der Waals surface area (Å²) in [6.45, 7) is 1.76. The van der Waals surface area contributed by atoms with Crippen LogP contribution in [0.25, 0.3) is 0 Å². The van der Waals surface area contributed by atoms with Gasteiger partial charge in [0.25, 0.3) is 5.91 Å². The van der Waals surface area contributed by atoms with Crippen molar-refractivity contribution in [3.8, 4) is 0 Å². The molecule has 1 aliphatic rings. The van der Waals surface area contributed by atoms with E-state index in [0.717, 1.165) is 17.7 Å². The van der Waals surface area contributed by atoms with E-state index in [1.54, 1.807) is 6.92 Å². The molecular weight excluding hydrogens is 517 g/mol. The molecule has 2 amide bonds. The van der Waals surface area contributed by atoms with Crippen molar-refractivity contribution >= 4 is 17.8 Å². The van der Waals surface area contributed by atoms with Crippen molar-refractivity contribution in [2.75, 3.05) is 0 Å². The average molecular weight is 545 g/mol. The summed E-state index contributed by atoms with van der Waals surface area (Å²) in [7, 11) is 0. The van der Waals surface area contributed by atoms with Gasteiger partial charge in [-0.2, -0.15) is 13.2 Å². The van der Waals surface area contributed by atoms with Gasteiger partial charge in [0, 0.05) is 6.42 Å². The molecule has 12 heteroatoms. The summed E-state index contributed by atoms with van der Waals surface area (Å²) >= 11 is 0. The summed E-state index contributed by atoms with van der Waals surface area (Å²) in [5.41, 5.74) is 0.912. The average Bonchev–Trinajstić information content (AvgIpc) is 3.52. The summed E-state index contributed by atoms with van der Waals surface area (Å²) in [5, 5.41) is 5.25. The van der Waals surface area contributed by atoms with Gasteiger partial charge in [0.2, 0.25) is 12.2 Å². The molecule has 9 nitrogen and oxygen atoms in total. The Labute approximate surface area is 222 Å². The molecule has 39 heavy (non-hydrogen) atoms. The Hall–Kier alpha value is -4.03. The number of alkyl halides is 3. The molecule has 206 valence electrons. The van der Waals surface area contributed by atoms with E-state index in [9.17, 15) is 27.6 Å². The van der Waals surface area contributed by atoms with Crippen LogP contribution in [-0.4, -0.2) is 46.1 Å². The van der Waals surface area contributed by atoms with Crippen molar-refractivity contribution in [1.82, 2.24) is 20.6 Å². The van der Waals surface area contributed by atoms with Gasteiger partial charge in [0.15, 0.2) is 0 Å². The molecule has 0 saturated carbocycles. The second-order valence-corrected chi connectivity index (χ2v) is 9.11. The summed E-state index contributed by atoms with van der Waals surface area (Å²) in [6.07, 6.45) is -3.24. The van der Waals surface area contributed by atoms with Crippen molar-refractivity contribution in [2.45, 2.75) is 57.3 Å². The SMILES string of the molecule is C[C@H](NC1CC(=O)OC1OCc1ccccc1)C(=O)NC(=O)c1cnc(CCc2ccc(C(F)(F)F)cc2)[nH]1. The first kappa shape index (κ1) is 28.0. The third-order valence-electron chi connectivity index (χ3n) is 6.12. The molecule has 3 atom stereocenters. The first-order valence-electron chi connectivity index (χ1n) is 12.2. The molecule has 2 unspecified atom stereocenters. The number of halogens is 3. The largest absolute Gasteiger partial charge is 0.434 e. The summed E-state index contributed by atoms with van der Waals surface area (Å²) < 4.78 is 49.1. The third-order valence-corrected chi connectivity index (χ3v) is 6.12. The molecular formula is C27H27F3N4O5. The predicted octanol–water partition coefficient (Wildman–Crippen LogP) is 3.31. The molecule has 1 aromatic heterocycles. The minimum Gasteiger partial charge on any atom is -0.434 e. The van der Waals surface area contributed by atoms with E-state index in [0.29, 0.717) is 24.2 Å². The quantitative estimate of drug-likeness (QED) is 0.335. The third kappa shape index (κ3) is 7.74. The number of aryl methyl sites for hydroxylation is 2. The van der Waals surface area contributed by atoms with Gasteiger partial charge in [-0.25, -0.2) is 4.98 Å². The molecule has 1 fully saturated rings. The number of hydrogen-bond acceptors (Lipinski definition) is 7. The zero-order chi connectivity index (χ0) is 28.0. The van der Waals surface area contributed by atoms with Gasteiger partial charge in [-0.1, -0.05) is 42.5 Å². The molecule has 0 spiro atoms. The van der Waals surface area contributed by atoms with E-state index in [1.165, 1.54) is 18.3 Å². The normalized spacial score (nSPS) is 18.0. The van der Waals surface area contributed by atoms with E-state index in [1.807, 2.05) is 30.3 Å². The van der Waals surface area contributed by atoms with Crippen LogP contribution < -0.4 is 10.6 Å². The Kier molecular flexibility index (Phi) is 8.77. The number of aromatic nitrogens is 2. The molecule has 3 aromatic rings. The van der Waals surface area contributed by atoms with Crippen LogP contribution in [0.2, 0.25) is 0 Å². The highest BCUT2D eigenvalue weighted by molar-refractivity contribution is 6.04. The maximum Gasteiger partial charge on any atom is 0.416 e. The number of amides is 2. The topological polar surface area (TPSA) is 122 Å². The van der Waals surface area contributed by atoms with E-state index >= 15 is 0 Å². The Bertz CT molecular complexity index is 1290. The molecule has 0 bridgehead atoms. The van der Waals surface area contributed by atoms with Crippen molar-refractivity contribution < 1.29 is 37.0 Å². The number of ether oxygens (including phenoxy) is 2. The number of H-pyrrole nitrogens is 1. The van der Waals surface area contributed by atoms with Gasteiger partial charge in [-0.3, -0.25) is 25.0 Å². The molecule has 3 N–H and O–H groups in total. The number of cyclic esters (lactones) is 1. The minimum atomic E-state index is -4.40. The Balaban J connectivity index is 1.25. The number of carbonyl (C=O) groups excluding carboxylic acids is 3. The van der Waals surface area contributed by atoms with E-state index in [-0.39, 0.29) is 18.7 Å². The first-order valence-corrected chi connectivity index (χ1v) is 12.2. The molecule has 1 saturated heterocycles. The van der Waals surface area contributed by atoms with E-state index in [2.05, 4.69) is 20.6 Å². The second kappa shape index (κ2) is 12.2. The van der Waals surface area contributed by atoms with Crippen LogP contribution in [0.5, 0.6) is 0 Å². The van der Waals surface area contributed by atoms with Crippen molar-refractivity contribution in [2.24, 2.45) is 0 Å². The van der Waals surface area contributed by atoms with Crippen LogP contribution in [-0.2, 0) is 44.7 Å². The van der Waals surface area contributed by atoms with Gasteiger partial charge in [0.05, 0.1) is 36.9 Å². The lowest BCUT2D eigenvalue weighted by Crippen LogP contribution is -2.50. The molecule has 4 rings (SSSR count). The van der Waals surface area contributed by atoms with Crippen molar-refractivity contribution in [3.63, 3.8) is 0 Å². The fraction of sp³-hybridized carbons (Fsp3) is 0.333. The van der Waals surface area contributed by atoms with Gasteiger partial charge >= 0.3 is 12.1 Å². The number of aromatic amines is 1.